The summed E-state index contributed by atoms with van der Waals surface area (Å²) in [5.41, 5.74) is 4.56. The van der Waals surface area contributed by atoms with Crippen LogP contribution in [0.25, 0.3) is 0 Å². The van der Waals surface area contributed by atoms with E-state index in [1.807, 2.05) is 0 Å². The summed E-state index contributed by atoms with van der Waals surface area (Å²) >= 11 is 3.17. The van der Waals surface area contributed by atoms with Crippen LogP contribution in [-0.4, -0.2) is 18.2 Å². The van der Waals surface area contributed by atoms with Gasteiger partial charge in [0.15, 0.2) is 0 Å². The molecule has 9 heteroatoms. The molecular weight excluding hydrogens is 415 g/mol. The van der Waals surface area contributed by atoms with Gasteiger partial charge < -0.3 is 9.64 Å². The summed E-state index contributed by atoms with van der Waals surface area (Å²) in [5, 5.41) is 3.44. The fraction of sp³-hybridized carbons (Fsp3) is 0.176. The van der Waals surface area contributed by atoms with Crippen molar-refractivity contribution >= 4 is 33.4 Å². The Balaban J connectivity index is 1.61. The maximum atomic E-state index is 13.8. The van der Waals surface area contributed by atoms with Crippen LogP contribution in [0.1, 0.15) is 27.7 Å². The summed E-state index contributed by atoms with van der Waals surface area (Å²) in [4.78, 5) is 14.2. The van der Waals surface area contributed by atoms with E-state index >= 15 is 0 Å². The molecule has 134 valence electrons. The molecule has 0 aromatic heterocycles. The van der Waals surface area contributed by atoms with Crippen LogP contribution in [-0.2, 0) is 11.3 Å². The summed E-state index contributed by atoms with van der Waals surface area (Å²) in [5.74, 6) is -1.46. The lowest BCUT2D eigenvalue weighted by Gasteiger charge is -2.17. The molecule has 4 rings (SSSR count). The molecule has 26 heavy (non-hydrogen) atoms. The molecule has 2 heterocycles. The number of halogens is 4. The zero-order valence-corrected chi connectivity index (χ0v) is 14.6. The number of benzene rings is 2. The van der Waals surface area contributed by atoms with Gasteiger partial charge in [0.25, 0.3) is 11.8 Å². The number of carbonyl (C=O) groups excluding carboxylic acids is 1. The van der Waals surface area contributed by atoms with Crippen LogP contribution in [0.4, 0.5) is 18.9 Å². The lowest BCUT2D eigenvalue weighted by molar-refractivity contribution is 0.0996. The molecule has 2 aromatic rings. The van der Waals surface area contributed by atoms with Crippen LogP contribution >= 0.6 is 15.9 Å². The molecule has 1 amide bonds. The number of amides is 1. The minimum atomic E-state index is -2.82. The van der Waals surface area contributed by atoms with E-state index in [1.54, 1.807) is 24.3 Å². The molecule has 0 saturated carbocycles. The molecule has 0 radical (unpaired) electrons. The first-order valence-corrected chi connectivity index (χ1v) is 8.41. The minimum absolute atomic E-state index is 0.206. The average Bonchev–Trinajstić information content (AvgIpc) is 3.23. The monoisotopic (exact) mass is 425 g/mol. The average molecular weight is 426 g/mol. The summed E-state index contributed by atoms with van der Waals surface area (Å²) in [6.45, 7) is 0.286. The van der Waals surface area contributed by atoms with Crippen LogP contribution in [0.15, 0.2) is 46.0 Å². The van der Waals surface area contributed by atoms with E-state index in [0.29, 0.717) is 16.8 Å². The molecule has 0 fully saturated rings. The predicted molar refractivity (Wildman–Crippen MR) is 91.5 cm³/mol. The highest BCUT2D eigenvalue weighted by Crippen LogP contribution is 2.36. The highest BCUT2D eigenvalue weighted by atomic mass is 79.9. The van der Waals surface area contributed by atoms with Crippen molar-refractivity contribution in [2.24, 2.45) is 5.10 Å². The van der Waals surface area contributed by atoms with Crippen molar-refractivity contribution in [3.63, 3.8) is 0 Å². The van der Waals surface area contributed by atoms with Gasteiger partial charge in [-0.05, 0) is 39.7 Å². The van der Waals surface area contributed by atoms with Crippen LogP contribution < -0.4 is 10.3 Å². The van der Waals surface area contributed by atoms with Gasteiger partial charge >= 0.3 is 6.43 Å². The second-order valence-electron chi connectivity index (χ2n) is 5.76. The van der Waals surface area contributed by atoms with E-state index in [1.165, 1.54) is 17.0 Å². The summed E-state index contributed by atoms with van der Waals surface area (Å²) in [6.07, 6.45) is -3.70. The number of hydrazone groups is 1. The Hall–Kier alpha value is -2.55. The molecule has 1 N–H and O–H groups in total. The molecule has 5 nitrogen and oxygen atoms in total. The van der Waals surface area contributed by atoms with Gasteiger partial charge in [0.2, 0.25) is 6.23 Å². The SMILES string of the molecule is O=C1c2cc(C3NN=C(C(F)F)O3)ccc2CN1c1cccc(F)c1Br. The van der Waals surface area contributed by atoms with Crippen LogP contribution in [0.5, 0.6) is 0 Å². The smallest absolute Gasteiger partial charge is 0.314 e. The van der Waals surface area contributed by atoms with E-state index in [0.717, 1.165) is 5.56 Å². The molecule has 0 bridgehead atoms. The fourth-order valence-corrected chi connectivity index (χ4v) is 3.39. The van der Waals surface area contributed by atoms with Crippen LogP contribution in [0.2, 0.25) is 0 Å². The molecule has 2 aliphatic heterocycles. The first kappa shape index (κ1) is 16.9. The van der Waals surface area contributed by atoms with E-state index in [4.69, 9.17) is 4.74 Å². The van der Waals surface area contributed by atoms with Gasteiger partial charge in [-0.3, -0.25) is 10.2 Å². The normalized spacial score (nSPS) is 18.7. The van der Waals surface area contributed by atoms with Crippen LogP contribution in [0.3, 0.4) is 0 Å². The number of nitrogens with zero attached hydrogens (tertiary/aromatic N) is 2. The first-order chi connectivity index (χ1) is 12.5. The molecule has 0 aliphatic carbocycles. The van der Waals surface area contributed by atoms with Crippen molar-refractivity contribution in [1.29, 1.82) is 0 Å². The molecular formula is C17H11BrF3N3O2. The lowest BCUT2D eigenvalue weighted by Crippen LogP contribution is -2.23. The van der Waals surface area contributed by atoms with E-state index in [-0.39, 0.29) is 16.9 Å². The second-order valence-corrected chi connectivity index (χ2v) is 6.55. The molecule has 0 spiro atoms. The zero-order valence-electron chi connectivity index (χ0n) is 13.0. The maximum Gasteiger partial charge on any atom is 0.314 e. The highest BCUT2D eigenvalue weighted by Gasteiger charge is 2.33. The van der Waals surface area contributed by atoms with Crippen LogP contribution in [0, 0.1) is 5.82 Å². The van der Waals surface area contributed by atoms with E-state index in [9.17, 15) is 18.0 Å². The quantitative estimate of drug-likeness (QED) is 0.809. The van der Waals surface area contributed by atoms with Crippen molar-refractivity contribution < 1.29 is 22.7 Å². The number of anilines is 1. The molecule has 2 aliphatic rings. The van der Waals surface area contributed by atoms with Gasteiger partial charge in [-0.25, -0.2) is 4.39 Å². The Morgan fingerprint density at radius 2 is 2.12 bits per heavy atom. The van der Waals surface area contributed by atoms with Crippen molar-refractivity contribution in [2.75, 3.05) is 4.90 Å². The van der Waals surface area contributed by atoms with Crippen molar-refractivity contribution in [2.45, 2.75) is 19.2 Å². The maximum absolute atomic E-state index is 13.8. The third kappa shape index (κ3) is 2.72. The van der Waals surface area contributed by atoms with Crippen molar-refractivity contribution in [3.05, 3.63) is 63.4 Å². The van der Waals surface area contributed by atoms with Gasteiger partial charge in [-0.15, -0.1) is 5.10 Å². The number of fused-ring (bicyclic) bond motifs is 1. The second kappa shape index (κ2) is 6.31. The number of nitrogens with one attached hydrogen (secondary N) is 1. The van der Waals surface area contributed by atoms with Gasteiger partial charge in [0, 0.05) is 11.1 Å². The molecule has 1 unspecified atom stereocenters. The largest absolute Gasteiger partial charge is 0.446 e. The fourth-order valence-electron chi connectivity index (χ4n) is 2.92. The van der Waals surface area contributed by atoms with Gasteiger partial charge in [0.05, 0.1) is 16.7 Å². The van der Waals surface area contributed by atoms with Gasteiger partial charge in [0.1, 0.15) is 5.82 Å². The standard InChI is InChI=1S/C17H11BrF3N3O2/c18-13-11(19)2-1-3-12(13)24-7-9-5-4-8(6-10(9)17(24)25)15-22-23-16(26-15)14(20)21/h1-6,14-15,22H,7H2. The van der Waals surface area contributed by atoms with Crippen molar-refractivity contribution in [1.82, 2.24) is 5.43 Å². The third-order valence-electron chi connectivity index (χ3n) is 4.18. The Bertz CT molecular complexity index is 935. The number of rotatable bonds is 3. The van der Waals surface area contributed by atoms with E-state index < -0.39 is 24.4 Å². The summed E-state index contributed by atoms with van der Waals surface area (Å²) in [7, 11) is 0. The lowest BCUT2D eigenvalue weighted by atomic mass is 10.1. The van der Waals surface area contributed by atoms with E-state index in [2.05, 4.69) is 26.5 Å². The van der Waals surface area contributed by atoms with Gasteiger partial charge in [-0.1, -0.05) is 18.2 Å². The summed E-state index contributed by atoms with van der Waals surface area (Å²) in [6, 6.07) is 9.44. The molecule has 0 saturated heterocycles. The minimum Gasteiger partial charge on any atom is -0.446 e. The predicted octanol–water partition coefficient (Wildman–Crippen LogP) is 3.95. The topological polar surface area (TPSA) is 53.9 Å². The van der Waals surface area contributed by atoms with Gasteiger partial charge in [-0.2, -0.15) is 8.78 Å². The number of alkyl halides is 2. The Labute approximate surface area is 154 Å². The number of hydrogen-bond acceptors (Lipinski definition) is 4. The first-order valence-electron chi connectivity index (χ1n) is 7.62. The zero-order chi connectivity index (χ0) is 18.4. The Kier molecular flexibility index (Phi) is 4.10. The Morgan fingerprint density at radius 3 is 2.85 bits per heavy atom. The molecule has 2 aromatic carbocycles. The highest BCUT2D eigenvalue weighted by molar-refractivity contribution is 9.10. The summed E-state index contributed by atoms with van der Waals surface area (Å²) < 4.78 is 44.3. The number of hydrogen-bond donors (Lipinski definition) is 1. The third-order valence-corrected chi connectivity index (χ3v) is 4.96. The van der Waals surface area contributed by atoms with Crippen molar-refractivity contribution in [3.8, 4) is 0 Å². The molecule has 1 atom stereocenters. The number of ether oxygens (including phenoxy) is 1. The Morgan fingerprint density at radius 1 is 1.31 bits per heavy atom. The number of carbonyl (C=O) groups is 1.